The van der Waals surface area contributed by atoms with Crippen LogP contribution in [0.4, 0.5) is 4.39 Å². The molecule has 1 aliphatic rings. The third-order valence-electron chi connectivity index (χ3n) is 4.16. The SMILES string of the molecule is O=C(COC(=O)c1cc(S(=O)(=O)N2CCOCC2)ccc1F)NNC(=O)c1cccs1. The van der Waals surface area contributed by atoms with Crippen molar-refractivity contribution in [2.45, 2.75) is 4.90 Å². The van der Waals surface area contributed by atoms with Crippen molar-refractivity contribution in [3.8, 4) is 0 Å². The van der Waals surface area contributed by atoms with Gasteiger partial charge in [-0.25, -0.2) is 17.6 Å². The number of sulfonamides is 1. The summed E-state index contributed by atoms with van der Waals surface area (Å²) in [7, 11) is -3.95. The predicted molar refractivity (Wildman–Crippen MR) is 106 cm³/mol. The molecule has 31 heavy (non-hydrogen) atoms. The number of thiophene rings is 1. The molecule has 0 radical (unpaired) electrons. The Bertz CT molecular complexity index is 1070. The highest BCUT2D eigenvalue weighted by Gasteiger charge is 2.28. The van der Waals surface area contributed by atoms with Gasteiger partial charge in [0.15, 0.2) is 6.61 Å². The number of amides is 2. The van der Waals surface area contributed by atoms with E-state index in [1.165, 1.54) is 4.31 Å². The number of carbonyl (C=O) groups is 3. The molecule has 1 aromatic carbocycles. The topological polar surface area (TPSA) is 131 Å². The van der Waals surface area contributed by atoms with Crippen LogP contribution in [-0.4, -0.2) is 63.4 Å². The quantitative estimate of drug-likeness (QED) is 0.464. The first kappa shape index (κ1) is 22.8. The van der Waals surface area contributed by atoms with Crippen LogP contribution in [0.15, 0.2) is 40.6 Å². The second-order valence-corrected chi connectivity index (χ2v) is 9.10. The molecule has 0 saturated carbocycles. The molecule has 13 heteroatoms. The second kappa shape index (κ2) is 9.96. The molecule has 1 fully saturated rings. The summed E-state index contributed by atoms with van der Waals surface area (Å²) >= 11 is 1.16. The van der Waals surface area contributed by atoms with Gasteiger partial charge in [0, 0.05) is 13.1 Å². The molecule has 0 unspecified atom stereocenters. The van der Waals surface area contributed by atoms with Crippen molar-refractivity contribution < 1.29 is 36.7 Å². The Kier molecular flexibility index (Phi) is 7.33. The van der Waals surface area contributed by atoms with E-state index in [9.17, 15) is 27.2 Å². The van der Waals surface area contributed by atoms with Crippen LogP contribution in [0.2, 0.25) is 0 Å². The van der Waals surface area contributed by atoms with Crippen molar-refractivity contribution in [1.29, 1.82) is 0 Å². The summed E-state index contributed by atoms with van der Waals surface area (Å²) in [6.45, 7) is -0.0853. The molecule has 166 valence electrons. The van der Waals surface area contributed by atoms with Crippen LogP contribution in [0.3, 0.4) is 0 Å². The third-order valence-corrected chi connectivity index (χ3v) is 6.92. The van der Waals surface area contributed by atoms with E-state index in [2.05, 4.69) is 10.9 Å². The van der Waals surface area contributed by atoms with Crippen LogP contribution in [0.5, 0.6) is 0 Å². The summed E-state index contributed by atoms with van der Waals surface area (Å²) < 4.78 is 50.5. The summed E-state index contributed by atoms with van der Waals surface area (Å²) in [6.07, 6.45) is 0. The molecule has 2 N–H and O–H groups in total. The molecule has 2 heterocycles. The molecule has 10 nitrogen and oxygen atoms in total. The number of halogens is 1. The van der Waals surface area contributed by atoms with Crippen LogP contribution >= 0.6 is 11.3 Å². The number of hydrazine groups is 1. The number of esters is 1. The Balaban J connectivity index is 1.60. The fraction of sp³-hybridized carbons (Fsp3) is 0.278. The zero-order valence-electron chi connectivity index (χ0n) is 16.0. The molecule has 1 aromatic heterocycles. The Morgan fingerprint density at radius 2 is 1.90 bits per heavy atom. The van der Waals surface area contributed by atoms with Gasteiger partial charge in [-0.05, 0) is 29.6 Å². The van der Waals surface area contributed by atoms with Crippen LogP contribution in [-0.2, 0) is 24.3 Å². The predicted octanol–water partition coefficient (Wildman–Crippen LogP) is 0.526. The van der Waals surface area contributed by atoms with Crippen molar-refractivity contribution in [3.05, 3.63) is 52.0 Å². The number of nitrogens with zero attached hydrogens (tertiary/aromatic N) is 1. The largest absolute Gasteiger partial charge is 0.452 e. The smallest absolute Gasteiger partial charge is 0.341 e. The standard InChI is InChI=1S/C18H18FN3O7S2/c19-14-4-3-12(31(26,27)22-5-7-28-8-6-22)10-13(14)18(25)29-11-16(23)20-21-17(24)15-2-1-9-30-15/h1-4,9-10H,5-8,11H2,(H,20,23)(H,21,24). The minimum atomic E-state index is -3.95. The molecule has 0 bridgehead atoms. The van der Waals surface area contributed by atoms with E-state index < -0.39 is 45.8 Å². The molecular formula is C18H18FN3O7S2. The van der Waals surface area contributed by atoms with E-state index in [0.717, 1.165) is 29.5 Å². The minimum absolute atomic E-state index is 0.136. The Morgan fingerprint density at radius 3 is 2.58 bits per heavy atom. The number of hydrogen-bond donors (Lipinski definition) is 2. The molecule has 2 aromatic rings. The molecule has 3 rings (SSSR count). The van der Waals surface area contributed by atoms with Crippen molar-refractivity contribution in [3.63, 3.8) is 0 Å². The first-order valence-electron chi connectivity index (χ1n) is 8.96. The number of hydrogen-bond acceptors (Lipinski definition) is 8. The van der Waals surface area contributed by atoms with Gasteiger partial charge in [0.05, 0.1) is 28.5 Å². The lowest BCUT2D eigenvalue weighted by Crippen LogP contribution is -2.43. The molecular weight excluding hydrogens is 453 g/mol. The van der Waals surface area contributed by atoms with Crippen molar-refractivity contribution in [1.82, 2.24) is 15.2 Å². The molecule has 1 aliphatic heterocycles. The minimum Gasteiger partial charge on any atom is -0.452 e. The van der Waals surface area contributed by atoms with E-state index in [-0.39, 0.29) is 31.2 Å². The summed E-state index contributed by atoms with van der Waals surface area (Å²) in [4.78, 5) is 35.8. The highest BCUT2D eigenvalue weighted by molar-refractivity contribution is 7.89. The van der Waals surface area contributed by atoms with Gasteiger partial charge in [-0.3, -0.25) is 20.4 Å². The van der Waals surface area contributed by atoms with Crippen molar-refractivity contribution >= 4 is 39.1 Å². The van der Waals surface area contributed by atoms with Crippen LogP contribution in [0, 0.1) is 5.82 Å². The zero-order valence-corrected chi connectivity index (χ0v) is 17.6. The monoisotopic (exact) mass is 471 g/mol. The average Bonchev–Trinajstić information content (AvgIpc) is 3.31. The van der Waals surface area contributed by atoms with E-state index in [1.807, 2.05) is 0 Å². The lowest BCUT2D eigenvalue weighted by atomic mass is 10.2. The van der Waals surface area contributed by atoms with Gasteiger partial charge in [-0.1, -0.05) is 6.07 Å². The van der Waals surface area contributed by atoms with Gasteiger partial charge in [-0.15, -0.1) is 11.3 Å². The van der Waals surface area contributed by atoms with Gasteiger partial charge in [0.2, 0.25) is 10.0 Å². The maximum atomic E-state index is 14.1. The van der Waals surface area contributed by atoms with E-state index >= 15 is 0 Å². The van der Waals surface area contributed by atoms with Gasteiger partial charge in [0.1, 0.15) is 5.82 Å². The fourth-order valence-corrected chi connectivity index (χ4v) is 4.65. The molecule has 1 saturated heterocycles. The highest BCUT2D eigenvalue weighted by atomic mass is 32.2. The maximum Gasteiger partial charge on any atom is 0.341 e. The van der Waals surface area contributed by atoms with Crippen LogP contribution < -0.4 is 10.9 Å². The van der Waals surface area contributed by atoms with E-state index in [1.54, 1.807) is 17.5 Å². The lowest BCUT2D eigenvalue weighted by molar-refractivity contribution is -0.125. The summed E-state index contributed by atoms with van der Waals surface area (Å²) in [5.74, 6) is -3.65. The molecule has 0 spiro atoms. The van der Waals surface area contributed by atoms with Gasteiger partial charge < -0.3 is 9.47 Å². The van der Waals surface area contributed by atoms with E-state index in [0.29, 0.717) is 4.88 Å². The second-order valence-electron chi connectivity index (χ2n) is 6.21. The van der Waals surface area contributed by atoms with E-state index in [4.69, 9.17) is 9.47 Å². The Hall–Kier alpha value is -2.87. The Morgan fingerprint density at radius 1 is 1.16 bits per heavy atom. The zero-order chi connectivity index (χ0) is 22.4. The lowest BCUT2D eigenvalue weighted by Gasteiger charge is -2.26. The van der Waals surface area contributed by atoms with Crippen LogP contribution in [0.1, 0.15) is 20.0 Å². The third kappa shape index (κ3) is 5.64. The Labute approximate surface area is 181 Å². The van der Waals surface area contributed by atoms with Gasteiger partial charge in [0.25, 0.3) is 11.8 Å². The maximum absolute atomic E-state index is 14.1. The normalized spacial score (nSPS) is 14.6. The number of morpholine rings is 1. The summed E-state index contributed by atoms with van der Waals surface area (Å²) in [5, 5.41) is 1.68. The number of nitrogens with one attached hydrogen (secondary N) is 2. The number of rotatable bonds is 6. The number of benzene rings is 1. The van der Waals surface area contributed by atoms with Crippen molar-refractivity contribution in [2.75, 3.05) is 32.9 Å². The summed E-state index contributed by atoms with van der Waals surface area (Å²) in [6, 6.07) is 5.95. The first-order chi connectivity index (χ1) is 14.8. The fourth-order valence-electron chi connectivity index (χ4n) is 2.60. The van der Waals surface area contributed by atoms with Gasteiger partial charge in [-0.2, -0.15) is 4.31 Å². The highest BCUT2D eigenvalue weighted by Crippen LogP contribution is 2.21. The average molecular weight is 471 g/mol. The molecule has 0 aliphatic carbocycles. The molecule has 0 atom stereocenters. The van der Waals surface area contributed by atoms with Gasteiger partial charge >= 0.3 is 5.97 Å². The van der Waals surface area contributed by atoms with Crippen LogP contribution in [0.25, 0.3) is 0 Å². The van der Waals surface area contributed by atoms with Crippen molar-refractivity contribution in [2.24, 2.45) is 0 Å². The number of carbonyl (C=O) groups excluding carboxylic acids is 3. The molecule has 2 amide bonds. The number of ether oxygens (including phenoxy) is 2. The summed E-state index contributed by atoms with van der Waals surface area (Å²) in [5.41, 5.74) is 3.56. The first-order valence-corrected chi connectivity index (χ1v) is 11.3.